The van der Waals surface area contributed by atoms with Gasteiger partial charge in [0.2, 0.25) is 0 Å². The molecule has 1 unspecified atom stereocenters. The van der Waals surface area contributed by atoms with Crippen LogP contribution in [0.3, 0.4) is 0 Å². The van der Waals surface area contributed by atoms with Gasteiger partial charge in [-0.05, 0) is 12.2 Å². The number of rotatable bonds is 1. The van der Waals surface area contributed by atoms with Crippen molar-refractivity contribution in [3.05, 3.63) is 0 Å². The summed E-state index contributed by atoms with van der Waals surface area (Å²) >= 11 is 4.81. The number of nitrogens with one attached hydrogen (secondary N) is 2. The highest BCUT2D eigenvalue weighted by Crippen LogP contribution is 2.04. The summed E-state index contributed by atoms with van der Waals surface area (Å²) in [5.41, 5.74) is 0. The Morgan fingerprint density at radius 3 is 3.00 bits per heavy atom. The first-order valence-electron chi connectivity index (χ1n) is 3.39. The molecule has 1 aliphatic heterocycles. The van der Waals surface area contributed by atoms with Gasteiger partial charge in [-0.1, -0.05) is 0 Å². The van der Waals surface area contributed by atoms with Gasteiger partial charge in [0, 0.05) is 13.5 Å². The van der Waals surface area contributed by atoms with Crippen LogP contribution in [0, 0.1) is 0 Å². The summed E-state index contributed by atoms with van der Waals surface area (Å²) in [4.78, 5) is 10.9. The molecule has 1 heterocycles. The topological polar surface area (TPSA) is 50.4 Å². The molecule has 11 heavy (non-hydrogen) atoms. The van der Waals surface area contributed by atoms with Crippen LogP contribution in [0.1, 0.15) is 6.42 Å². The molecule has 0 saturated carbocycles. The van der Waals surface area contributed by atoms with Crippen LogP contribution in [-0.2, 0) is 9.53 Å². The third-order valence-corrected chi connectivity index (χ3v) is 1.79. The summed E-state index contributed by atoms with van der Waals surface area (Å²) < 4.78 is 4.72. The molecule has 1 aliphatic rings. The second kappa shape index (κ2) is 3.52. The lowest BCUT2D eigenvalue weighted by atomic mass is 10.2. The monoisotopic (exact) mass is 174 g/mol. The van der Waals surface area contributed by atoms with E-state index < -0.39 is 0 Å². The Morgan fingerprint density at radius 2 is 2.55 bits per heavy atom. The Morgan fingerprint density at radius 1 is 1.82 bits per heavy atom. The van der Waals surface area contributed by atoms with E-state index in [1.807, 2.05) is 0 Å². The van der Waals surface area contributed by atoms with Gasteiger partial charge in [0.05, 0.1) is 6.61 Å². The lowest BCUT2D eigenvalue weighted by molar-refractivity contribution is -0.139. The van der Waals surface area contributed by atoms with Crippen molar-refractivity contribution in [1.82, 2.24) is 10.6 Å². The van der Waals surface area contributed by atoms with Crippen LogP contribution in [0.15, 0.2) is 0 Å². The van der Waals surface area contributed by atoms with Gasteiger partial charge in [-0.3, -0.25) is 0 Å². The van der Waals surface area contributed by atoms with Crippen molar-refractivity contribution in [2.24, 2.45) is 0 Å². The van der Waals surface area contributed by atoms with Crippen molar-refractivity contribution in [3.8, 4) is 0 Å². The van der Waals surface area contributed by atoms with Gasteiger partial charge >= 0.3 is 5.97 Å². The first-order valence-corrected chi connectivity index (χ1v) is 3.79. The van der Waals surface area contributed by atoms with Crippen molar-refractivity contribution in [3.63, 3.8) is 0 Å². The average Bonchev–Trinajstić information content (AvgIpc) is 2.37. The fourth-order valence-electron chi connectivity index (χ4n) is 0.857. The number of hydrogen-bond acceptors (Lipinski definition) is 3. The zero-order chi connectivity index (χ0) is 8.27. The Balaban J connectivity index is 2.36. The summed E-state index contributed by atoms with van der Waals surface area (Å²) in [6, 6.07) is -0.255. The Kier molecular flexibility index (Phi) is 2.64. The summed E-state index contributed by atoms with van der Waals surface area (Å²) in [5, 5.41) is 6.03. The molecule has 1 atom stereocenters. The molecular formula is C6H10N2O2S. The second-order valence-corrected chi connectivity index (χ2v) is 2.64. The van der Waals surface area contributed by atoms with Crippen LogP contribution in [0.4, 0.5) is 0 Å². The normalized spacial score (nSPS) is 22.6. The van der Waals surface area contributed by atoms with E-state index in [1.54, 1.807) is 7.05 Å². The Labute approximate surface area is 70.3 Å². The molecule has 1 saturated heterocycles. The standard InChI is InChI=1S/C6H10N2O2S/c1-7-6(11)8-4-2-3-10-5(4)9/h4H,2-3H2,1H3,(H2,7,8,11). The van der Waals surface area contributed by atoms with Gasteiger partial charge in [-0.25, -0.2) is 4.79 Å². The maximum atomic E-state index is 10.9. The summed E-state index contributed by atoms with van der Waals surface area (Å²) in [6.45, 7) is 0.489. The van der Waals surface area contributed by atoms with Crippen LogP contribution >= 0.6 is 12.2 Å². The highest BCUT2D eigenvalue weighted by atomic mass is 32.1. The number of thiocarbonyl (C=S) groups is 1. The summed E-state index contributed by atoms with van der Waals surface area (Å²) in [6.07, 6.45) is 0.695. The maximum Gasteiger partial charge on any atom is 0.328 e. The molecule has 5 heteroatoms. The number of cyclic esters (lactones) is 1. The summed E-state index contributed by atoms with van der Waals surface area (Å²) in [7, 11) is 1.70. The fourth-order valence-corrected chi connectivity index (χ4v) is 1.000. The van der Waals surface area contributed by atoms with Crippen LogP contribution in [-0.4, -0.2) is 30.8 Å². The molecular weight excluding hydrogens is 164 g/mol. The van der Waals surface area contributed by atoms with E-state index in [-0.39, 0.29) is 12.0 Å². The molecule has 0 aliphatic carbocycles. The van der Waals surface area contributed by atoms with E-state index in [1.165, 1.54) is 0 Å². The van der Waals surface area contributed by atoms with Crippen LogP contribution in [0.5, 0.6) is 0 Å². The predicted molar refractivity (Wildman–Crippen MR) is 44.2 cm³/mol. The van der Waals surface area contributed by atoms with Crippen LogP contribution < -0.4 is 10.6 Å². The third kappa shape index (κ3) is 2.04. The minimum Gasteiger partial charge on any atom is -0.464 e. The molecule has 0 bridgehead atoms. The van der Waals surface area contributed by atoms with Crippen molar-refractivity contribution in [2.75, 3.05) is 13.7 Å². The molecule has 1 fully saturated rings. The smallest absolute Gasteiger partial charge is 0.328 e. The van der Waals surface area contributed by atoms with E-state index in [0.29, 0.717) is 18.1 Å². The molecule has 0 aromatic carbocycles. The average molecular weight is 174 g/mol. The van der Waals surface area contributed by atoms with Gasteiger partial charge in [0.25, 0.3) is 0 Å². The molecule has 62 valence electrons. The largest absolute Gasteiger partial charge is 0.464 e. The van der Waals surface area contributed by atoms with E-state index in [0.717, 1.165) is 0 Å². The lowest BCUT2D eigenvalue weighted by Crippen LogP contribution is -2.42. The highest BCUT2D eigenvalue weighted by molar-refractivity contribution is 7.80. The number of hydrogen-bond donors (Lipinski definition) is 2. The van der Waals surface area contributed by atoms with E-state index in [9.17, 15) is 4.79 Å². The lowest BCUT2D eigenvalue weighted by Gasteiger charge is -2.09. The van der Waals surface area contributed by atoms with E-state index in [2.05, 4.69) is 10.6 Å². The van der Waals surface area contributed by atoms with Crippen molar-refractivity contribution < 1.29 is 9.53 Å². The van der Waals surface area contributed by atoms with Crippen molar-refractivity contribution >= 4 is 23.3 Å². The molecule has 0 radical (unpaired) electrons. The van der Waals surface area contributed by atoms with Gasteiger partial charge in [0.15, 0.2) is 5.11 Å². The molecule has 0 spiro atoms. The van der Waals surface area contributed by atoms with Gasteiger partial charge in [0.1, 0.15) is 6.04 Å². The SMILES string of the molecule is CNC(=S)NC1CCOC1=O. The van der Waals surface area contributed by atoms with Gasteiger partial charge in [-0.15, -0.1) is 0 Å². The minimum absolute atomic E-state index is 0.220. The molecule has 1 rings (SSSR count). The quantitative estimate of drug-likeness (QED) is 0.410. The molecule has 0 amide bonds. The highest BCUT2D eigenvalue weighted by Gasteiger charge is 2.26. The zero-order valence-corrected chi connectivity index (χ0v) is 7.03. The van der Waals surface area contributed by atoms with Gasteiger partial charge in [-0.2, -0.15) is 0 Å². The predicted octanol–water partition coefficient (Wildman–Crippen LogP) is -0.604. The zero-order valence-electron chi connectivity index (χ0n) is 6.22. The molecule has 2 N–H and O–H groups in total. The maximum absolute atomic E-state index is 10.9. The molecule has 0 aromatic heterocycles. The Bertz CT molecular complexity index is 183. The molecule has 4 nitrogen and oxygen atoms in total. The number of carbonyl (C=O) groups is 1. The first-order chi connectivity index (χ1) is 5.24. The fraction of sp³-hybridized carbons (Fsp3) is 0.667. The molecule has 0 aromatic rings. The van der Waals surface area contributed by atoms with E-state index in [4.69, 9.17) is 17.0 Å². The third-order valence-electron chi connectivity index (χ3n) is 1.47. The van der Waals surface area contributed by atoms with Crippen molar-refractivity contribution in [2.45, 2.75) is 12.5 Å². The summed E-state index contributed by atoms with van der Waals surface area (Å²) in [5.74, 6) is -0.220. The second-order valence-electron chi connectivity index (χ2n) is 2.23. The Hall–Kier alpha value is -0.840. The van der Waals surface area contributed by atoms with Crippen LogP contribution in [0.2, 0.25) is 0 Å². The number of esters is 1. The number of carbonyl (C=O) groups excluding carboxylic acids is 1. The van der Waals surface area contributed by atoms with Crippen LogP contribution in [0.25, 0.3) is 0 Å². The minimum atomic E-state index is -0.255. The number of ether oxygens (including phenoxy) is 1. The van der Waals surface area contributed by atoms with Gasteiger partial charge < -0.3 is 15.4 Å². The van der Waals surface area contributed by atoms with Crippen molar-refractivity contribution in [1.29, 1.82) is 0 Å². The van der Waals surface area contributed by atoms with E-state index >= 15 is 0 Å². The first kappa shape index (κ1) is 8.26.